The predicted octanol–water partition coefficient (Wildman–Crippen LogP) is 3.59. The van der Waals surface area contributed by atoms with Gasteiger partial charge in [-0.25, -0.2) is 9.97 Å². The standard InChI is InChI=1S/C19H21N3O2S/c1-15-21-14-18(25-15)13-20-11-16-7-8-19(22-12-16)24-10-9-23-17-5-3-2-4-6-17/h2-8,12,14,20H,9-11,13H2,1H3. The Hall–Kier alpha value is -2.44. The second-order valence-corrected chi connectivity index (χ2v) is 6.78. The highest BCUT2D eigenvalue weighted by molar-refractivity contribution is 7.11. The van der Waals surface area contributed by atoms with Gasteiger partial charge in [-0.05, 0) is 24.6 Å². The lowest BCUT2D eigenvalue weighted by molar-refractivity contribution is 0.212. The number of nitrogens with zero attached hydrogens (tertiary/aromatic N) is 2. The zero-order valence-corrected chi connectivity index (χ0v) is 15.0. The molecule has 3 aromatic rings. The number of aromatic nitrogens is 2. The molecule has 5 nitrogen and oxygen atoms in total. The van der Waals surface area contributed by atoms with Crippen LogP contribution in [0.2, 0.25) is 0 Å². The molecule has 0 aliphatic rings. The Morgan fingerprint density at radius 2 is 1.76 bits per heavy atom. The SMILES string of the molecule is Cc1ncc(CNCc2ccc(OCCOc3ccccc3)nc2)s1. The van der Waals surface area contributed by atoms with E-state index in [9.17, 15) is 0 Å². The van der Waals surface area contributed by atoms with E-state index in [1.807, 2.05) is 61.8 Å². The van der Waals surface area contributed by atoms with Crippen LogP contribution >= 0.6 is 11.3 Å². The maximum absolute atomic E-state index is 5.60. The summed E-state index contributed by atoms with van der Waals surface area (Å²) in [7, 11) is 0. The highest BCUT2D eigenvalue weighted by Gasteiger charge is 2.00. The second kappa shape index (κ2) is 9.15. The summed E-state index contributed by atoms with van der Waals surface area (Å²) in [5, 5.41) is 4.48. The summed E-state index contributed by atoms with van der Waals surface area (Å²) in [6, 6.07) is 13.6. The van der Waals surface area contributed by atoms with Crippen molar-refractivity contribution in [2.24, 2.45) is 0 Å². The molecule has 0 saturated heterocycles. The van der Waals surface area contributed by atoms with E-state index in [1.165, 1.54) is 4.88 Å². The van der Waals surface area contributed by atoms with Gasteiger partial charge in [0.25, 0.3) is 0 Å². The summed E-state index contributed by atoms with van der Waals surface area (Å²) < 4.78 is 11.2. The van der Waals surface area contributed by atoms with E-state index in [0.29, 0.717) is 19.1 Å². The van der Waals surface area contributed by atoms with E-state index in [2.05, 4.69) is 15.3 Å². The van der Waals surface area contributed by atoms with E-state index in [0.717, 1.165) is 29.4 Å². The highest BCUT2D eigenvalue weighted by atomic mass is 32.1. The van der Waals surface area contributed by atoms with Crippen LogP contribution in [0.1, 0.15) is 15.4 Å². The summed E-state index contributed by atoms with van der Waals surface area (Å²) in [6.07, 6.45) is 3.75. The third-order valence-electron chi connectivity index (χ3n) is 3.44. The molecule has 130 valence electrons. The van der Waals surface area contributed by atoms with Crippen LogP contribution in [0, 0.1) is 6.92 Å². The maximum Gasteiger partial charge on any atom is 0.213 e. The van der Waals surface area contributed by atoms with Crippen LogP contribution in [0.25, 0.3) is 0 Å². The van der Waals surface area contributed by atoms with Gasteiger partial charge in [-0.15, -0.1) is 11.3 Å². The van der Waals surface area contributed by atoms with Gasteiger partial charge >= 0.3 is 0 Å². The van der Waals surface area contributed by atoms with Crippen LogP contribution in [0.5, 0.6) is 11.6 Å². The third kappa shape index (κ3) is 5.85. The summed E-state index contributed by atoms with van der Waals surface area (Å²) in [5.41, 5.74) is 1.12. The summed E-state index contributed by atoms with van der Waals surface area (Å²) in [5.74, 6) is 1.45. The molecule has 1 aromatic carbocycles. The number of pyridine rings is 1. The smallest absolute Gasteiger partial charge is 0.213 e. The van der Waals surface area contributed by atoms with Crippen molar-refractivity contribution in [3.05, 3.63) is 70.3 Å². The van der Waals surface area contributed by atoms with Crippen molar-refractivity contribution in [2.45, 2.75) is 20.0 Å². The Bertz CT molecular complexity index is 760. The number of hydrogen-bond donors (Lipinski definition) is 1. The molecule has 0 atom stereocenters. The van der Waals surface area contributed by atoms with E-state index >= 15 is 0 Å². The topological polar surface area (TPSA) is 56.3 Å². The van der Waals surface area contributed by atoms with Crippen molar-refractivity contribution in [3.8, 4) is 11.6 Å². The van der Waals surface area contributed by atoms with Crippen molar-refractivity contribution in [1.82, 2.24) is 15.3 Å². The molecule has 0 fully saturated rings. The molecule has 2 heterocycles. The van der Waals surface area contributed by atoms with Gasteiger partial charge in [-0.2, -0.15) is 0 Å². The van der Waals surface area contributed by atoms with Crippen molar-refractivity contribution in [3.63, 3.8) is 0 Å². The molecule has 0 unspecified atom stereocenters. The largest absolute Gasteiger partial charge is 0.490 e. The normalized spacial score (nSPS) is 10.6. The first-order valence-corrected chi connectivity index (χ1v) is 8.99. The fraction of sp³-hybridized carbons (Fsp3) is 0.263. The van der Waals surface area contributed by atoms with Crippen LogP contribution in [0.4, 0.5) is 0 Å². The lowest BCUT2D eigenvalue weighted by atomic mass is 10.3. The highest BCUT2D eigenvalue weighted by Crippen LogP contribution is 2.12. The van der Waals surface area contributed by atoms with Gasteiger partial charge < -0.3 is 14.8 Å². The van der Waals surface area contributed by atoms with Crippen molar-refractivity contribution < 1.29 is 9.47 Å². The number of para-hydroxylation sites is 1. The summed E-state index contributed by atoms with van der Waals surface area (Å²) in [6.45, 7) is 4.55. The number of hydrogen-bond acceptors (Lipinski definition) is 6. The Morgan fingerprint density at radius 3 is 2.48 bits per heavy atom. The fourth-order valence-electron chi connectivity index (χ4n) is 2.24. The number of aryl methyl sites for hydroxylation is 1. The Kier molecular flexibility index (Phi) is 6.36. The average molecular weight is 355 g/mol. The molecule has 0 aliphatic carbocycles. The van der Waals surface area contributed by atoms with E-state index in [1.54, 1.807) is 11.3 Å². The molecular formula is C19H21N3O2S. The average Bonchev–Trinajstić information content (AvgIpc) is 3.06. The quantitative estimate of drug-likeness (QED) is 0.595. The van der Waals surface area contributed by atoms with Crippen LogP contribution in [-0.2, 0) is 13.1 Å². The Morgan fingerprint density at radius 1 is 0.920 bits per heavy atom. The lowest BCUT2D eigenvalue weighted by Gasteiger charge is -2.08. The van der Waals surface area contributed by atoms with Gasteiger partial charge in [-0.3, -0.25) is 0 Å². The lowest BCUT2D eigenvalue weighted by Crippen LogP contribution is -2.12. The number of thiazole rings is 1. The number of ether oxygens (including phenoxy) is 2. The molecule has 0 amide bonds. The van der Waals surface area contributed by atoms with Crippen LogP contribution < -0.4 is 14.8 Å². The van der Waals surface area contributed by atoms with Crippen LogP contribution in [0.3, 0.4) is 0 Å². The molecule has 3 rings (SSSR count). The van der Waals surface area contributed by atoms with Crippen molar-refractivity contribution in [2.75, 3.05) is 13.2 Å². The van der Waals surface area contributed by atoms with Gasteiger partial charge in [-0.1, -0.05) is 24.3 Å². The number of rotatable bonds is 9. The summed E-state index contributed by atoms with van der Waals surface area (Å²) in [4.78, 5) is 9.81. The summed E-state index contributed by atoms with van der Waals surface area (Å²) >= 11 is 1.71. The molecule has 0 saturated carbocycles. The first-order chi connectivity index (χ1) is 12.3. The minimum absolute atomic E-state index is 0.463. The molecule has 0 spiro atoms. The van der Waals surface area contributed by atoms with Gasteiger partial charge in [0.05, 0.1) is 5.01 Å². The molecule has 0 bridgehead atoms. The minimum atomic E-state index is 0.463. The maximum atomic E-state index is 5.60. The van der Waals surface area contributed by atoms with E-state index < -0.39 is 0 Å². The van der Waals surface area contributed by atoms with Gasteiger partial charge in [0.1, 0.15) is 19.0 Å². The molecule has 0 aliphatic heterocycles. The molecule has 25 heavy (non-hydrogen) atoms. The van der Waals surface area contributed by atoms with E-state index in [-0.39, 0.29) is 0 Å². The second-order valence-electron chi connectivity index (χ2n) is 5.46. The zero-order valence-electron chi connectivity index (χ0n) is 14.1. The molecular weight excluding hydrogens is 334 g/mol. The van der Waals surface area contributed by atoms with Crippen molar-refractivity contribution in [1.29, 1.82) is 0 Å². The monoisotopic (exact) mass is 355 g/mol. The van der Waals surface area contributed by atoms with Gasteiger partial charge in [0.15, 0.2) is 0 Å². The molecule has 0 radical (unpaired) electrons. The van der Waals surface area contributed by atoms with Crippen molar-refractivity contribution >= 4 is 11.3 Å². The Balaban J connectivity index is 1.35. The first-order valence-electron chi connectivity index (χ1n) is 8.17. The molecule has 2 aromatic heterocycles. The fourth-order valence-corrected chi connectivity index (χ4v) is 3.00. The third-order valence-corrected chi connectivity index (χ3v) is 4.35. The van der Waals surface area contributed by atoms with Gasteiger partial charge in [0.2, 0.25) is 5.88 Å². The van der Waals surface area contributed by atoms with Crippen LogP contribution in [0.15, 0.2) is 54.9 Å². The Labute approximate surface area is 151 Å². The van der Waals surface area contributed by atoms with E-state index in [4.69, 9.17) is 9.47 Å². The minimum Gasteiger partial charge on any atom is -0.490 e. The number of benzene rings is 1. The van der Waals surface area contributed by atoms with Crippen LogP contribution in [-0.4, -0.2) is 23.2 Å². The first kappa shape index (κ1) is 17.4. The predicted molar refractivity (Wildman–Crippen MR) is 99.1 cm³/mol. The molecule has 6 heteroatoms. The van der Waals surface area contributed by atoms with Gasteiger partial charge in [0, 0.05) is 36.4 Å². The number of nitrogens with one attached hydrogen (secondary N) is 1. The molecule has 1 N–H and O–H groups in total. The zero-order chi connectivity index (χ0) is 17.3.